The van der Waals surface area contributed by atoms with Gasteiger partial charge in [0.2, 0.25) is 0 Å². The fourth-order valence-corrected chi connectivity index (χ4v) is 2.49. The summed E-state index contributed by atoms with van der Waals surface area (Å²) in [5.41, 5.74) is -0.0117. The maximum Gasteiger partial charge on any atom is 0.180 e. The molecule has 1 aliphatic heterocycles. The van der Waals surface area contributed by atoms with Crippen LogP contribution in [0.5, 0.6) is 5.75 Å². The highest BCUT2D eigenvalue weighted by atomic mass is 79.9. The molecule has 1 saturated heterocycles. The monoisotopic (exact) mass is 342 g/mol. The topological polar surface area (TPSA) is 54.3 Å². The number of rotatable bonds is 3. The van der Waals surface area contributed by atoms with Crippen LogP contribution in [0.1, 0.15) is 19.4 Å². The van der Waals surface area contributed by atoms with Crippen molar-refractivity contribution in [2.45, 2.75) is 25.6 Å². The fourth-order valence-electron chi connectivity index (χ4n) is 2.07. The molecule has 108 valence electrons. The van der Waals surface area contributed by atoms with E-state index in [0.717, 1.165) is 6.54 Å². The Morgan fingerprint density at radius 1 is 1.60 bits per heavy atom. The third-order valence-electron chi connectivity index (χ3n) is 3.00. The lowest BCUT2D eigenvalue weighted by Crippen LogP contribution is -2.52. The first kappa shape index (κ1) is 15.2. The van der Waals surface area contributed by atoms with Crippen molar-refractivity contribution in [2.75, 3.05) is 19.7 Å². The van der Waals surface area contributed by atoms with Gasteiger partial charge in [0, 0.05) is 13.1 Å². The minimum absolute atomic E-state index is 0.114. The molecule has 0 aromatic heterocycles. The zero-order valence-electron chi connectivity index (χ0n) is 11.4. The lowest BCUT2D eigenvalue weighted by Gasteiger charge is -2.36. The van der Waals surface area contributed by atoms with Crippen molar-refractivity contribution in [2.24, 2.45) is 0 Å². The van der Waals surface area contributed by atoms with E-state index in [-0.39, 0.29) is 34.1 Å². The summed E-state index contributed by atoms with van der Waals surface area (Å²) in [7, 11) is 0. The largest absolute Gasteiger partial charge is 0.488 e. The summed E-state index contributed by atoms with van der Waals surface area (Å²) in [6.07, 6.45) is -0.132. The van der Waals surface area contributed by atoms with Crippen LogP contribution in [0.15, 0.2) is 16.6 Å². The van der Waals surface area contributed by atoms with Crippen molar-refractivity contribution in [1.29, 1.82) is 5.26 Å². The number of hydrogen-bond donors (Lipinski definition) is 1. The maximum absolute atomic E-state index is 14.0. The molecule has 0 bridgehead atoms. The molecule has 1 fully saturated rings. The third kappa shape index (κ3) is 3.48. The van der Waals surface area contributed by atoms with E-state index in [4.69, 9.17) is 14.7 Å². The van der Waals surface area contributed by atoms with E-state index in [1.54, 1.807) is 0 Å². The Morgan fingerprint density at radius 2 is 2.35 bits per heavy atom. The van der Waals surface area contributed by atoms with E-state index in [1.165, 1.54) is 12.1 Å². The second-order valence-electron chi connectivity index (χ2n) is 5.29. The average molecular weight is 343 g/mol. The van der Waals surface area contributed by atoms with Crippen LogP contribution in [-0.2, 0) is 4.74 Å². The van der Waals surface area contributed by atoms with Gasteiger partial charge < -0.3 is 14.8 Å². The van der Waals surface area contributed by atoms with Crippen molar-refractivity contribution in [1.82, 2.24) is 5.32 Å². The third-order valence-corrected chi connectivity index (χ3v) is 3.78. The van der Waals surface area contributed by atoms with Gasteiger partial charge in [-0.05, 0) is 41.9 Å². The molecule has 20 heavy (non-hydrogen) atoms. The maximum atomic E-state index is 14.0. The summed E-state index contributed by atoms with van der Waals surface area (Å²) in [5.74, 6) is -0.449. The predicted molar refractivity (Wildman–Crippen MR) is 76.1 cm³/mol. The van der Waals surface area contributed by atoms with E-state index in [0.29, 0.717) is 6.54 Å². The molecule has 0 saturated carbocycles. The van der Waals surface area contributed by atoms with Gasteiger partial charge in [-0.1, -0.05) is 0 Å². The minimum Gasteiger partial charge on any atom is -0.488 e. The SMILES string of the molecule is CC1(C)CNCC(COc2ccc(C#N)c(Br)c2F)O1. The number of halogens is 2. The zero-order valence-corrected chi connectivity index (χ0v) is 13.0. The molecular formula is C14H16BrFN2O2. The molecule has 1 unspecified atom stereocenters. The first-order valence-electron chi connectivity index (χ1n) is 6.32. The van der Waals surface area contributed by atoms with E-state index in [2.05, 4.69) is 21.2 Å². The second kappa shape index (κ2) is 6.08. The Balaban J connectivity index is 2.01. The smallest absolute Gasteiger partial charge is 0.180 e. The standard InChI is InChI=1S/C14H16BrFN2O2/c1-14(2)8-18-6-10(20-14)7-19-11-4-3-9(5-17)12(15)13(11)16/h3-4,10,18H,6-8H2,1-2H3. The van der Waals surface area contributed by atoms with Gasteiger partial charge >= 0.3 is 0 Å². The summed E-state index contributed by atoms with van der Waals surface area (Å²) in [6, 6.07) is 4.88. The van der Waals surface area contributed by atoms with Crippen LogP contribution in [0.2, 0.25) is 0 Å². The molecule has 1 aromatic rings. The van der Waals surface area contributed by atoms with E-state index >= 15 is 0 Å². The molecule has 4 nitrogen and oxygen atoms in total. The molecule has 0 radical (unpaired) electrons. The fraction of sp³-hybridized carbons (Fsp3) is 0.500. The van der Waals surface area contributed by atoms with Crippen LogP contribution in [0.25, 0.3) is 0 Å². The van der Waals surface area contributed by atoms with Crippen LogP contribution in [0, 0.1) is 17.1 Å². The Labute approximate surface area is 126 Å². The molecule has 2 rings (SSSR count). The van der Waals surface area contributed by atoms with Crippen molar-refractivity contribution >= 4 is 15.9 Å². The number of nitriles is 1. The van der Waals surface area contributed by atoms with Gasteiger partial charge in [0.15, 0.2) is 11.6 Å². The van der Waals surface area contributed by atoms with Crippen LogP contribution in [0.3, 0.4) is 0 Å². The summed E-state index contributed by atoms with van der Waals surface area (Å²) in [6.45, 7) is 5.69. The summed E-state index contributed by atoms with van der Waals surface area (Å²) < 4.78 is 25.4. The van der Waals surface area contributed by atoms with Gasteiger partial charge in [-0.25, -0.2) is 4.39 Å². The van der Waals surface area contributed by atoms with Crippen LogP contribution in [-0.4, -0.2) is 31.4 Å². The number of benzene rings is 1. The molecule has 1 aliphatic rings. The molecule has 1 aromatic carbocycles. The normalized spacial score (nSPS) is 21.2. The Kier molecular flexibility index (Phi) is 4.63. The molecule has 0 aliphatic carbocycles. The highest BCUT2D eigenvalue weighted by Crippen LogP contribution is 2.28. The number of ether oxygens (including phenoxy) is 2. The van der Waals surface area contributed by atoms with Gasteiger partial charge in [-0.3, -0.25) is 0 Å². The second-order valence-corrected chi connectivity index (χ2v) is 6.09. The quantitative estimate of drug-likeness (QED) is 0.917. The minimum atomic E-state index is -0.563. The molecule has 1 N–H and O–H groups in total. The summed E-state index contributed by atoms with van der Waals surface area (Å²) in [4.78, 5) is 0. The predicted octanol–water partition coefficient (Wildman–Crippen LogP) is 2.61. The number of hydrogen-bond acceptors (Lipinski definition) is 4. The van der Waals surface area contributed by atoms with Crippen molar-refractivity contribution in [3.63, 3.8) is 0 Å². The molecule has 6 heteroatoms. The first-order valence-corrected chi connectivity index (χ1v) is 7.12. The molecule has 1 atom stereocenters. The number of nitrogens with one attached hydrogen (secondary N) is 1. The lowest BCUT2D eigenvalue weighted by atomic mass is 10.1. The van der Waals surface area contributed by atoms with Gasteiger partial charge in [0.25, 0.3) is 0 Å². The van der Waals surface area contributed by atoms with Gasteiger partial charge in [-0.2, -0.15) is 5.26 Å². The summed E-state index contributed by atoms with van der Waals surface area (Å²) >= 11 is 3.05. The van der Waals surface area contributed by atoms with Crippen LogP contribution in [0.4, 0.5) is 4.39 Å². The Bertz CT molecular complexity index is 543. The van der Waals surface area contributed by atoms with Crippen molar-refractivity contribution in [3.05, 3.63) is 28.0 Å². The Hall–Kier alpha value is -1.16. The van der Waals surface area contributed by atoms with E-state index in [1.807, 2.05) is 19.9 Å². The highest BCUT2D eigenvalue weighted by Gasteiger charge is 2.28. The van der Waals surface area contributed by atoms with Crippen LogP contribution < -0.4 is 10.1 Å². The van der Waals surface area contributed by atoms with Gasteiger partial charge in [0.1, 0.15) is 18.8 Å². The summed E-state index contributed by atoms with van der Waals surface area (Å²) in [5, 5.41) is 12.1. The zero-order chi connectivity index (χ0) is 14.8. The molecule has 0 spiro atoms. The van der Waals surface area contributed by atoms with E-state index in [9.17, 15) is 4.39 Å². The molecule has 0 amide bonds. The Morgan fingerprint density at radius 3 is 3.00 bits per heavy atom. The average Bonchev–Trinajstić information content (AvgIpc) is 2.39. The van der Waals surface area contributed by atoms with Crippen LogP contribution >= 0.6 is 15.9 Å². The molecule has 1 heterocycles. The first-order chi connectivity index (χ1) is 9.43. The van der Waals surface area contributed by atoms with E-state index < -0.39 is 5.82 Å². The lowest BCUT2D eigenvalue weighted by molar-refractivity contribution is -0.107. The van der Waals surface area contributed by atoms with Crippen molar-refractivity contribution < 1.29 is 13.9 Å². The highest BCUT2D eigenvalue weighted by molar-refractivity contribution is 9.10. The number of nitrogens with zero attached hydrogens (tertiary/aromatic N) is 1. The van der Waals surface area contributed by atoms with Gasteiger partial charge in [0.05, 0.1) is 15.6 Å². The van der Waals surface area contributed by atoms with Crippen molar-refractivity contribution in [3.8, 4) is 11.8 Å². The molecular weight excluding hydrogens is 327 g/mol. The number of morpholine rings is 1. The van der Waals surface area contributed by atoms with Gasteiger partial charge in [-0.15, -0.1) is 0 Å².